The number of anilines is 1. The molecule has 0 aromatic carbocycles. The van der Waals surface area contributed by atoms with Gasteiger partial charge in [0.05, 0.1) is 31.6 Å². The highest BCUT2D eigenvalue weighted by Gasteiger charge is 2.25. The topological polar surface area (TPSA) is 65.3 Å². The van der Waals surface area contributed by atoms with Crippen molar-refractivity contribution in [3.63, 3.8) is 0 Å². The molecule has 3 rings (SSSR count). The summed E-state index contributed by atoms with van der Waals surface area (Å²) in [4.78, 5) is 11.8. The Morgan fingerprint density at radius 1 is 1.32 bits per heavy atom. The first-order valence-electron chi connectivity index (χ1n) is 8.67. The van der Waals surface area contributed by atoms with Crippen molar-refractivity contribution in [2.24, 2.45) is 0 Å². The summed E-state index contributed by atoms with van der Waals surface area (Å²) >= 11 is 0. The van der Waals surface area contributed by atoms with Gasteiger partial charge in [0.1, 0.15) is 11.6 Å². The van der Waals surface area contributed by atoms with Gasteiger partial charge in [-0.3, -0.25) is 4.68 Å². The zero-order valence-corrected chi connectivity index (χ0v) is 15.5. The fraction of sp³-hybridized carbons (Fsp3) is 0.611. The summed E-state index contributed by atoms with van der Waals surface area (Å²) < 4.78 is 13.1. The maximum Gasteiger partial charge on any atom is 0.136 e. The van der Waals surface area contributed by atoms with E-state index in [9.17, 15) is 0 Å². The summed E-state index contributed by atoms with van der Waals surface area (Å²) in [5.41, 5.74) is 0.798. The van der Waals surface area contributed by atoms with Gasteiger partial charge in [-0.25, -0.2) is 9.97 Å². The second kappa shape index (κ2) is 7.49. The maximum atomic E-state index is 5.91. The molecule has 1 fully saturated rings. The van der Waals surface area contributed by atoms with Crippen LogP contribution in [0.2, 0.25) is 0 Å². The third-order valence-electron chi connectivity index (χ3n) is 4.14. The third-order valence-corrected chi connectivity index (χ3v) is 4.14. The lowest BCUT2D eigenvalue weighted by molar-refractivity contribution is 0.0271. The van der Waals surface area contributed by atoms with E-state index < -0.39 is 0 Å². The zero-order valence-electron chi connectivity index (χ0n) is 15.5. The van der Waals surface area contributed by atoms with E-state index in [1.165, 1.54) is 0 Å². The second-order valence-electron chi connectivity index (χ2n) is 7.39. The van der Waals surface area contributed by atoms with E-state index in [2.05, 4.69) is 35.8 Å². The number of morpholine rings is 1. The number of nitrogens with zero attached hydrogens (tertiary/aromatic N) is 5. The van der Waals surface area contributed by atoms with E-state index >= 15 is 0 Å². The van der Waals surface area contributed by atoms with E-state index in [4.69, 9.17) is 14.5 Å². The Morgan fingerprint density at radius 2 is 2.16 bits per heavy atom. The standard InChI is InChI=1S/C18H27N5O2/c1-18(2,3)17-20-14(13-24-4)10-16(21-17)22-8-9-25-15(11-22)12-23-7-5-6-19-23/h5-7,10,15H,8-9,11-13H2,1-4H3. The number of ether oxygens (including phenoxy) is 2. The first-order valence-corrected chi connectivity index (χ1v) is 8.67. The third kappa shape index (κ3) is 4.55. The molecule has 2 aromatic heterocycles. The number of rotatable bonds is 5. The molecule has 25 heavy (non-hydrogen) atoms. The second-order valence-corrected chi connectivity index (χ2v) is 7.39. The van der Waals surface area contributed by atoms with Gasteiger partial charge in [-0.15, -0.1) is 0 Å². The molecule has 7 nitrogen and oxygen atoms in total. The summed E-state index contributed by atoms with van der Waals surface area (Å²) in [5.74, 6) is 1.79. The molecule has 7 heteroatoms. The molecule has 0 N–H and O–H groups in total. The first-order chi connectivity index (χ1) is 12.0. The summed E-state index contributed by atoms with van der Waals surface area (Å²) in [5, 5.41) is 4.27. The Bertz CT molecular complexity index is 681. The van der Waals surface area contributed by atoms with Crippen LogP contribution in [0.25, 0.3) is 0 Å². The molecular formula is C18H27N5O2. The molecule has 0 spiro atoms. The Kier molecular flexibility index (Phi) is 5.34. The van der Waals surface area contributed by atoms with Crippen LogP contribution in [0.15, 0.2) is 24.5 Å². The van der Waals surface area contributed by atoms with E-state index in [0.717, 1.165) is 37.0 Å². The van der Waals surface area contributed by atoms with Crippen LogP contribution < -0.4 is 4.90 Å². The van der Waals surface area contributed by atoms with Gasteiger partial charge in [-0.05, 0) is 6.07 Å². The average Bonchev–Trinajstić information content (AvgIpc) is 3.07. The van der Waals surface area contributed by atoms with Gasteiger partial charge in [-0.2, -0.15) is 5.10 Å². The van der Waals surface area contributed by atoms with Crippen LogP contribution in [0.1, 0.15) is 32.3 Å². The summed E-state index contributed by atoms with van der Waals surface area (Å²) in [6.45, 7) is 9.90. The molecule has 1 aliphatic rings. The van der Waals surface area contributed by atoms with Crippen molar-refractivity contribution in [1.82, 2.24) is 19.7 Å². The molecule has 1 saturated heterocycles. The number of hydrogen-bond donors (Lipinski definition) is 0. The molecule has 3 heterocycles. The van der Waals surface area contributed by atoms with E-state index in [1.54, 1.807) is 13.3 Å². The van der Waals surface area contributed by atoms with E-state index in [-0.39, 0.29) is 11.5 Å². The molecule has 0 amide bonds. The molecule has 2 aromatic rings. The molecule has 136 valence electrons. The minimum absolute atomic E-state index is 0.0903. The van der Waals surface area contributed by atoms with Crippen molar-refractivity contribution in [1.29, 1.82) is 0 Å². The summed E-state index contributed by atoms with van der Waals surface area (Å²) in [6, 6.07) is 3.95. The lowest BCUT2D eigenvalue weighted by Crippen LogP contribution is -2.45. The van der Waals surface area contributed by atoms with Gasteiger partial charge < -0.3 is 14.4 Å². The van der Waals surface area contributed by atoms with Crippen LogP contribution in [0.5, 0.6) is 0 Å². The number of hydrogen-bond acceptors (Lipinski definition) is 6. The number of aromatic nitrogens is 4. The fourth-order valence-electron chi connectivity index (χ4n) is 2.86. The SMILES string of the molecule is COCc1cc(N2CCOC(Cn3cccn3)C2)nc(C(C)(C)C)n1. The van der Waals surface area contributed by atoms with Crippen molar-refractivity contribution in [2.75, 3.05) is 31.7 Å². The molecule has 0 saturated carbocycles. The maximum absolute atomic E-state index is 5.91. The lowest BCUT2D eigenvalue weighted by Gasteiger charge is -2.34. The Morgan fingerprint density at radius 3 is 2.84 bits per heavy atom. The largest absolute Gasteiger partial charge is 0.378 e. The van der Waals surface area contributed by atoms with Crippen LogP contribution in [-0.4, -0.2) is 52.7 Å². The lowest BCUT2D eigenvalue weighted by atomic mass is 9.95. The quantitative estimate of drug-likeness (QED) is 0.826. The molecular weight excluding hydrogens is 318 g/mol. The van der Waals surface area contributed by atoms with Gasteiger partial charge in [-0.1, -0.05) is 20.8 Å². The molecule has 1 unspecified atom stereocenters. The van der Waals surface area contributed by atoms with Gasteiger partial charge in [0, 0.05) is 44.1 Å². The highest BCUT2D eigenvalue weighted by atomic mass is 16.5. The van der Waals surface area contributed by atoms with Crippen molar-refractivity contribution in [2.45, 2.75) is 45.4 Å². The average molecular weight is 345 g/mol. The predicted molar refractivity (Wildman–Crippen MR) is 95.6 cm³/mol. The fourth-order valence-corrected chi connectivity index (χ4v) is 2.86. The summed E-state index contributed by atoms with van der Waals surface area (Å²) in [7, 11) is 1.69. The van der Waals surface area contributed by atoms with Crippen LogP contribution in [-0.2, 0) is 28.0 Å². The molecule has 0 aliphatic carbocycles. The zero-order chi connectivity index (χ0) is 17.9. The highest BCUT2D eigenvalue weighted by molar-refractivity contribution is 5.41. The normalized spacial score (nSPS) is 18.6. The molecule has 0 radical (unpaired) electrons. The number of methoxy groups -OCH3 is 1. The predicted octanol–water partition coefficient (Wildman–Crippen LogP) is 2.02. The monoisotopic (exact) mass is 345 g/mol. The minimum atomic E-state index is -0.112. The molecule has 0 bridgehead atoms. The minimum Gasteiger partial charge on any atom is -0.378 e. The first kappa shape index (κ1) is 17.8. The van der Waals surface area contributed by atoms with Crippen LogP contribution in [0, 0.1) is 0 Å². The smallest absolute Gasteiger partial charge is 0.136 e. The van der Waals surface area contributed by atoms with Gasteiger partial charge >= 0.3 is 0 Å². The Balaban J connectivity index is 1.80. The van der Waals surface area contributed by atoms with Crippen LogP contribution in [0.3, 0.4) is 0 Å². The van der Waals surface area contributed by atoms with E-state index in [1.807, 2.05) is 23.0 Å². The van der Waals surface area contributed by atoms with Crippen molar-refractivity contribution in [3.05, 3.63) is 36.0 Å². The van der Waals surface area contributed by atoms with E-state index in [0.29, 0.717) is 13.2 Å². The molecule has 1 atom stereocenters. The van der Waals surface area contributed by atoms with Crippen molar-refractivity contribution in [3.8, 4) is 0 Å². The Labute approximate surface area is 149 Å². The van der Waals surface area contributed by atoms with Crippen molar-refractivity contribution >= 4 is 5.82 Å². The highest BCUT2D eigenvalue weighted by Crippen LogP contribution is 2.24. The van der Waals surface area contributed by atoms with Crippen LogP contribution >= 0.6 is 0 Å². The Hall–Kier alpha value is -1.99. The van der Waals surface area contributed by atoms with Crippen molar-refractivity contribution < 1.29 is 9.47 Å². The van der Waals surface area contributed by atoms with Gasteiger partial charge in [0.15, 0.2) is 0 Å². The molecule has 1 aliphatic heterocycles. The van der Waals surface area contributed by atoms with Crippen LogP contribution in [0.4, 0.5) is 5.82 Å². The van der Waals surface area contributed by atoms with Gasteiger partial charge in [0.25, 0.3) is 0 Å². The summed E-state index contributed by atoms with van der Waals surface area (Å²) in [6.07, 6.45) is 3.84. The van der Waals surface area contributed by atoms with Gasteiger partial charge in [0.2, 0.25) is 0 Å².